The summed E-state index contributed by atoms with van der Waals surface area (Å²) in [7, 11) is 0. The predicted octanol–water partition coefficient (Wildman–Crippen LogP) is 3.21. The average molecular weight is 218 g/mol. The van der Waals surface area contributed by atoms with Crippen LogP contribution in [0, 0.1) is 0 Å². The molecule has 3 heteroatoms. The molecule has 0 spiro atoms. The van der Waals surface area contributed by atoms with E-state index >= 15 is 0 Å². The fraction of sp³-hybridized carbons (Fsp3) is 0.909. The van der Waals surface area contributed by atoms with Gasteiger partial charge >= 0.3 is 5.97 Å². The minimum atomic E-state index is -0.0414. The molecule has 0 aliphatic heterocycles. The molecule has 0 aromatic carbocycles. The third-order valence-corrected chi connectivity index (χ3v) is 2.37. The quantitative estimate of drug-likeness (QED) is 0.365. The number of carbonyl (C=O) groups is 1. The Balaban J connectivity index is 3.11. The number of carbonyl (C=O) groups excluding carboxylic acids is 1. The maximum Gasteiger partial charge on any atom is 0.305 e. The molecule has 0 N–H and O–H groups in total. The molecule has 0 aliphatic rings. The minimum absolute atomic E-state index is 0.0414. The van der Waals surface area contributed by atoms with E-state index in [0.29, 0.717) is 13.0 Å². The molecule has 14 heavy (non-hydrogen) atoms. The standard InChI is InChI=1S/C11H22O2S/c1-2-3-4-5-8-11(12)13-9-6-7-10-14/h14H,2-10H2,1H3. The van der Waals surface area contributed by atoms with Crippen molar-refractivity contribution in [2.45, 2.75) is 51.9 Å². The molecule has 0 amide bonds. The monoisotopic (exact) mass is 218 g/mol. The second-order valence-electron chi connectivity index (χ2n) is 3.46. The van der Waals surface area contributed by atoms with Crippen LogP contribution in [-0.4, -0.2) is 18.3 Å². The lowest BCUT2D eigenvalue weighted by Crippen LogP contribution is -2.05. The van der Waals surface area contributed by atoms with Crippen molar-refractivity contribution in [1.29, 1.82) is 0 Å². The lowest BCUT2D eigenvalue weighted by molar-refractivity contribution is -0.143. The summed E-state index contributed by atoms with van der Waals surface area (Å²) in [5.74, 6) is 0.828. The fourth-order valence-corrected chi connectivity index (χ4v) is 1.39. The van der Waals surface area contributed by atoms with E-state index in [0.717, 1.165) is 31.4 Å². The number of rotatable bonds is 9. The molecule has 0 heterocycles. The van der Waals surface area contributed by atoms with Crippen LogP contribution < -0.4 is 0 Å². The van der Waals surface area contributed by atoms with Gasteiger partial charge < -0.3 is 4.74 Å². The molecule has 0 aromatic heterocycles. The largest absolute Gasteiger partial charge is 0.466 e. The summed E-state index contributed by atoms with van der Waals surface area (Å²) in [5, 5.41) is 0. The molecule has 84 valence electrons. The molecule has 0 atom stereocenters. The Labute approximate surface area is 92.8 Å². The Kier molecular flexibility index (Phi) is 10.8. The summed E-state index contributed by atoms with van der Waals surface area (Å²) < 4.78 is 5.05. The topological polar surface area (TPSA) is 26.3 Å². The van der Waals surface area contributed by atoms with Crippen molar-refractivity contribution >= 4 is 18.6 Å². The highest BCUT2D eigenvalue weighted by atomic mass is 32.1. The molecule has 0 aliphatic carbocycles. The van der Waals surface area contributed by atoms with E-state index in [1.807, 2.05) is 0 Å². The molecule has 0 aromatic rings. The molecular formula is C11H22O2S. The van der Waals surface area contributed by atoms with Crippen LogP contribution in [0.4, 0.5) is 0 Å². The third-order valence-electron chi connectivity index (χ3n) is 2.05. The molecule has 0 saturated carbocycles. The zero-order valence-corrected chi connectivity index (χ0v) is 10.0. The van der Waals surface area contributed by atoms with Crippen molar-refractivity contribution in [3.05, 3.63) is 0 Å². The maximum atomic E-state index is 11.1. The van der Waals surface area contributed by atoms with E-state index in [9.17, 15) is 4.79 Å². The fourth-order valence-electron chi connectivity index (χ4n) is 1.17. The van der Waals surface area contributed by atoms with E-state index in [1.165, 1.54) is 12.8 Å². The first-order chi connectivity index (χ1) is 6.81. The van der Waals surface area contributed by atoms with Crippen molar-refractivity contribution in [1.82, 2.24) is 0 Å². The van der Waals surface area contributed by atoms with Crippen molar-refractivity contribution in [2.75, 3.05) is 12.4 Å². The zero-order valence-electron chi connectivity index (χ0n) is 9.13. The van der Waals surface area contributed by atoms with Crippen LogP contribution in [-0.2, 0) is 9.53 Å². The highest BCUT2D eigenvalue weighted by Gasteiger charge is 2.01. The highest BCUT2D eigenvalue weighted by molar-refractivity contribution is 7.80. The Morgan fingerprint density at radius 1 is 1.14 bits per heavy atom. The van der Waals surface area contributed by atoms with Gasteiger partial charge in [0.25, 0.3) is 0 Å². The van der Waals surface area contributed by atoms with Crippen molar-refractivity contribution in [2.24, 2.45) is 0 Å². The lowest BCUT2D eigenvalue weighted by atomic mass is 10.2. The van der Waals surface area contributed by atoms with Gasteiger partial charge in [-0.15, -0.1) is 0 Å². The summed E-state index contributed by atoms with van der Waals surface area (Å²) in [5.41, 5.74) is 0. The summed E-state index contributed by atoms with van der Waals surface area (Å²) in [6.07, 6.45) is 7.07. The van der Waals surface area contributed by atoms with Crippen molar-refractivity contribution < 1.29 is 9.53 Å². The predicted molar refractivity (Wildman–Crippen MR) is 62.8 cm³/mol. The molecule has 0 rings (SSSR count). The second-order valence-corrected chi connectivity index (χ2v) is 3.91. The van der Waals surface area contributed by atoms with Gasteiger partial charge in [-0.25, -0.2) is 0 Å². The van der Waals surface area contributed by atoms with E-state index in [1.54, 1.807) is 0 Å². The number of thiol groups is 1. The van der Waals surface area contributed by atoms with Gasteiger partial charge in [0, 0.05) is 6.42 Å². The van der Waals surface area contributed by atoms with Crippen LogP contribution in [0.25, 0.3) is 0 Å². The maximum absolute atomic E-state index is 11.1. The van der Waals surface area contributed by atoms with Gasteiger partial charge in [0.15, 0.2) is 0 Å². The minimum Gasteiger partial charge on any atom is -0.466 e. The normalized spacial score (nSPS) is 10.1. The Bertz CT molecular complexity index is 123. The lowest BCUT2D eigenvalue weighted by Gasteiger charge is -2.03. The first-order valence-electron chi connectivity index (χ1n) is 5.57. The summed E-state index contributed by atoms with van der Waals surface area (Å²) in [4.78, 5) is 11.1. The molecule has 0 radical (unpaired) electrons. The van der Waals surface area contributed by atoms with Crippen LogP contribution in [0.1, 0.15) is 51.9 Å². The van der Waals surface area contributed by atoms with Gasteiger partial charge in [-0.2, -0.15) is 12.6 Å². The van der Waals surface area contributed by atoms with Crippen LogP contribution in [0.3, 0.4) is 0 Å². The van der Waals surface area contributed by atoms with Gasteiger partial charge in [0.05, 0.1) is 6.61 Å². The number of unbranched alkanes of at least 4 members (excludes halogenated alkanes) is 4. The summed E-state index contributed by atoms with van der Waals surface area (Å²) in [6.45, 7) is 2.73. The first-order valence-corrected chi connectivity index (χ1v) is 6.21. The molecule has 0 saturated heterocycles. The highest BCUT2D eigenvalue weighted by Crippen LogP contribution is 2.03. The summed E-state index contributed by atoms with van der Waals surface area (Å²) >= 11 is 4.08. The summed E-state index contributed by atoms with van der Waals surface area (Å²) in [6, 6.07) is 0. The van der Waals surface area contributed by atoms with Crippen molar-refractivity contribution in [3.63, 3.8) is 0 Å². The number of esters is 1. The van der Waals surface area contributed by atoms with Gasteiger partial charge in [0.1, 0.15) is 0 Å². The zero-order chi connectivity index (χ0) is 10.6. The number of hydrogen-bond donors (Lipinski definition) is 1. The van der Waals surface area contributed by atoms with Gasteiger partial charge in [0.2, 0.25) is 0 Å². The van der Waals surface area contributed by atoms with E-state index < -0.39 is 0 Å². The van der Waals surface area contributed by atoms with Gasteiger partial charge in [-0.3, -0.25) is 4.79 Å². The molecule has 0 unspecified atom stereocenters. The Morgan fingerprint density at radius 3 is 2.57 bits per heavy atom. The van der Waals surface area contributed by atoms with E-state index in [2.05, 4.69) is 19.6 Å². The van der Waals surface area contributed by atoms with E-state index in [4.69, 9.17) is 4.74 Å². The Morgan fingerprint density at radius 2 is 1.93 bits per heavy atom. The third kappa shape index (κ3) is 9.90. The molecule has 0 fully saturated rings. The number of hydrogen-bond acceptors (Lipinski definition) is 3. The smallest absolute Gasteiger partial charge is 0.305 e. The second kappa shape index (κ2) is 10.9. The molecule has 0 bridgehead atoms. The van der Waals surface area contributed by atoms with Crippen LogP contribution in [0.5, 0.6) is 0 Å². The van der Waals surface area contributed by atoms with Crippen LogP contribution in [0.15, 0.2) is 0 Å². The van der Waals surface area contributed by atoms with Crippen LogP contribution in [0.2, 0.25) is 0 Å². The molecular weight excluding hydrogens is 196 g/mol. The SMILES string of the molecule is CCCCCCC(=O)OCCCCS. The van der Waals surface area contributed by atoms with Crippen LogP contribution >= 0.6 is 12.6 Å². The van der Waals surface area contributed by atoms with Gasteiger partial charge in [-0.05, 0) is 25.0 Å². The van der Waals surface area contributed by atoms with E-state index in [-0.39, 0.29) is 5.97 Å². The van der Waals surface area contributed by atoms with Gasteiger partial charge in [-0.1, -0.05) is 26.2 Å². The Hall–Kier alpha value is -0.180. The van der Waals surface area contributed by atoms with Crippen molar-refractivity contribution in [3.8, 4) is 0 Å². The molecule has 2 nitrogen and oxygen atoms in total. The first kappa shape index (κ1) is 13.8. The average Bonchev–Trinajstić information content (AvgIpc) is 2.19. The number of ether oxygens (including phenoxy) is 1.